The van der Waals surface area contributed by atoms with E-state index in [2.05, 4.69) is 4.98 Å². The zero-order chi connectivity index (χ0) is 12.3. The highest BCUT2D eigenvalue weighted by molar-refractivity contribution is 5.90. The summed E-state index contributed by atoms with van der Waals surface area (Å²) in [5.41, 5.74) is 6.54. The van der Waals surface area contributed by atoms with E-state index in [1.807, 2.05) is 24.3 Å². The SMILES string of the molecule is COC(=O)C(CN)c1cccc2cnccc12. The van der Waals surface area contributed by atoms with Crippen LogP contribution in [0, 0.1) is 0 Å². The van der Waals surface area contributed by atoms with Gasteiger partial charge >= 0.3 is 5.97 Å². The number of hydrogen-bond donors (Lipinski definition) is 1. The fraction of sp³-hybridized carbons (Fsp3) is 0.231. The van der Waals surface area contributed by atoms with E-state index in [1.54, 1.807) is 12.4 Å². The molecule has 0 bridgehead atoms. The smallest absolute Gasteiger partial charge is 0.314 e. The minimum atomic E-state index is -0.425. The Bertz CT molecular complexity index is 534. The number of ether oxygens (including phenoxy) is 1. The zero-order valence-electron chi connectivity index (χ0n) is 9.59. The summed E-state index contributed by atoms with van der Waals surface area (Å²) in [6.07, 6.45) is 3.47. The number of methoxy groups -OCH3 is 1. The summed E-state index contributed by atoms with van der Waals surface area (Å²) in [4.78, 5) is 15.7. The number of carbonyl (C=O) groups excluding carboxylic acids is 1. The summed E-state index contributed by atoms with van der Waals surface area (Å²) in [6.45, 7) is 0.230. The topological polar surface area (TPSA) is 65.2 Å². The third-order valence-corrected chi connectivity index (χ3v) is 2.81. The summed E-state index contributed by atoms with van der Waals surface area (Å²) in [5, 5.41) is 1.98. The lowest BCUT2D eigenvalue weighted by Crippen LogP contribution is -2.23. The first-order valence-electron chi connectivity index (χ1n) is 5.38. The molecule has 0 spiro atoms. The molecule has 0 saturated carbocycles. The molecule has 0 amide bonds. The third-order valence-electron chi connectivity index (χ3n) is 2.81. The van der Waals surface area contributed by atoms with Crippen LogP contribution in [0.4, 0.5) is 0 Å². The molecule has 1 aromatic carbocycles. The van der Waals surface area contributed by atoms with Crippen molar-refractivity contribution in [3.8, 4) is 0 Å². The van der Waals surface area contributed by atoms with Gasteiger partial charge in [-0.15, -0.1) is 0 Å². The second-order valence-electron chi connectivity index (χ2n) is 3.76. The van der Waals surface area contributed by atoms with Gasteiger partial charge in [0.15, 0.2) is 0 Å². The van der Waals surface area contributed by atoms with Crippen molar-refractivity contribution in [2.75, 3.05) is 13.7 Å². The average molecular weight is 230 g/mol. The maximum absolute atomic E-state index is 11.7. The van der Waals surface area contributed by atoms with E-state index < -0.39 is 5.92 Å². The van der Waals surface area contributed by atoms with Gasteiger partial charge in [-0.25, -0.2) is 0 Å². The van der Waals surface area contributed by atoms with Crippen LogP contribution in [0.5, 0.6) is 0 Å². The first kappa shape index (κ1) is 11.5. The Hall–Kier alpha value is -1.94. The number of nitrogens with zero attached hydrogens (tertiary/aromatic N) is 1. The summed E-state index contributed by atoms with van der Waals surface area (Å²) in [7, 11) is 1.37. The van der Waals surface area contributed by atoms with E-state index in [0.29, 0.717) is 0 Å². The highest BCUT2D eigenvalue weighted by atomic mass is 16.5. The van der Waals surface area contributed by atoms with Crippen molar-refractivity contribution >= 4 is 16.7 Å². The predicted octanol–water partition coefficient (Wildman–Crippen LogP) is 1.45. The molecule has 0 fully saturated rings. The van der Waals surface area contributed by atoms with Crippen LogP contribution < -0.4 is 5.73 Å². The lowest BCUT2D eigenvalue weighted by molar-refractivity contribution is -0.142. The minimum Gasteiger partial charge on any atom is -0.469 e. The number of rotatable bonds is 3. The zero-order valence-corrected chi connectivity index (χ0v) is 9.59. The van der Waals surface area contributed by atoms with Gasteiger partial charge < -0.3 is 10.5 Å². The maximum Gasteiger partial charge on any atom is 0.314 e. The van der Waals surface area contributed by atoms with E-state index in [0.717, 1.165) is 16.3 Å². The first-order valence-corrected chi connectivity index (χ1v) is 5.38. The Labute approximate surface area is 99.4 Å². The lowest BCUT2D eigenvalue weighted by atomic mass is 9.94. The van der Waals surface area contributed by atoms with E-state index >= 15 is 0 Å². The van der Waals surface area contributed by atoms with Crippen molar-refractivity contribution < 1.29 is 9.53 Å². The summed E-state index contributed by atoms with van der Waals surface area (Å²) < 4.78 is 4.77. The van der Waals surface area contributed by atoms with Gasteiger partial charge in [-0.05, 0) is 17.0 Å². The summed E-state index contributed by atoms with van der Waals surface area (Å²) >= 11 is 0. The Morgan fingerprint density at radius 2 is 2.29 bits per heavy atom. The molecule has 2 aromatic rings. The summed E-state index contributed by atoms with van der Waals surface area (Å²) in [5.74, 6) is -0.733. The quantitative estimate of drug-likeness (QED) is 0.810. The van der Waals surface area contributed by atoms with Crippen LogP contribution in [-0.4, -0.2) is 24.6 Å². The van der Waals surface area contributed by atoms with Gasteiger partial charge in [-0.2, -0.15) is 0 Å². The van der Waals surface area contributed by atoms with Gasteiger partial charge in [0, 0.05) is 24.3 Å². The number of pyridine rings is 1. The molecule has 17 heavy (non-hydrogen) atoms. The number of carbonyl (C=O) groups is 1. The second kappa shape index (κ2) is 4.93. The highest BCUT2D eigenvalue weighted by Gasteiger charge is 2.21. The number of hydrogen-bond acceptors (Lipinski definition) is 4. The standard InChI is InChI=1S/C13H14N2O2/c1-17-13(16)12(7-14)11-4-2-3-9-8-15-6-5-10(9)11/h2-6,8,12H,7,14H2,1H3. The van der Waals surface area contributed by atoms with Crippen LogP contribution in [0.3, 0.4) is 0 Å². The van der Waals surface area contributed by atoms with Crippen molar-refractivity contribution in [3.05, 3.63) is 42.2 Å². The van der Waals surface area contributed by atoms with Crippen LogP contribution in [-0.2, 0) is 9.53 Å². The van der Waals surface area contributed by atoms with Gasteiger partial charge in [-0.1, -0.05) is 18.2 Å². The number of esters is 1. The molecule has 88 valence electrons. The fourth-order valence-corrected chi connectivity index (χ4v) is 1.94. The second-order valence-corrected chi connectivity index (χ2v) is 3.76. The van der Waals surface area contributed by atoms with Crippen LogP contribution in [0.15, 0.2) is 36.7 Å². The molecule has 0 saturated heterocycles. The molecule has 0 aliphatic rings. The molecule has 4 heteroatoms. The van der Waals surface area contributed by atoms with Crippen molar-refractivity contribution in [2.24, 2.45) is 5.73 Å². The molecule has 1 atom stereocenters. The van der Waals surface area contributed by atoms with Crippen molar-refractivity contribution in [3.63, 3.8) is 0 Å². The Kier molecular flexibility index (Phi) is 3.35. The minimum absolute atomic E-state index is 0.230. The van der Waals surface area contributed by atoms with Gasteiger partial charge in [0.2, 0.25) is 0 Å². The third kappa shape index (κ3) is 2.12. The van der Waals surface area contributed by atoms with Gasteiger partial charge in [0.1, 0.15) is 0 Å². The van der Waals surface area contributed by atoms with Crippen LogP contribution >= 0.6 is 0 Å². The highest BCUT2D eigenvalue weighted by Crippen LogP contribution is 2.25. The van der Waals surface area contributed by atoms with Gasteiger partial charge in [0.05, 0.1) is 13.0 Å². The van der Waals surface area contributed by atoms with Crippen LogP contribution in [0.25, 0.3) is 10.8 Å². The van der Waals surface area contributed by atoms with E-state index in [4.69, 9.17) is 10.5 Å². The van der Waals surface area contributed by atoms with E-state index in [-0.39, 0.29) is 12.5 Å². The summed E-state index contributed by atoms with van der Waals surface area (Å²) in [6, 6.07) is 7.63. The largest absolute Gasteiger partial charge is 0.469 e. The molecule has 0 aliphatic carbocycles. The normalized spacial score (nSPS) is 12.4. The molecule has 0 aliphatic heterocycles. The molecular formula is C13H14N2O2. The number of benzene rings is 1. The first-order chi connectivity index (χ1) is 8.27. The lowest BCUT2D eigenvalue weighted by Gasteiger charge is -2.14. The van der Waals surface area contributed by atoms with Crippen molar-refractivity contribution in [2.45, 2.75) is 5.92 Å². The number of nitrogens with two attached hydrogens (primary N) is 1. The molecular weight excluding hydrogens is 216 g/mol. The number of fused-ring (bicyclic) bond motifs is 1. The average Bonchev–Trinajstić information content (AvgIpc) is 2.39. The Balaban J connectivity index is 2.57. The molecule has 2 N–H and O–H groups in total. The monoisotopic (exact) mass is 230 g/mol. The molecule has 1 unspecified atom stereocenters. The molecule has 1 aromatic heterocycles. The van der Waals surface area contributed by atoms with Gasteiger partial charge in [-0.3, -0.25) is 9.78 Å². The maximum atomic E-state index is 11.7. The van der Waals surface area contributed by atoms with Gasteiger partial charge in [0.25, 0.3) is 0 Å². The Morgan fingerprint density at radius 3 is 3.00 bits per heavy atom. The van der Waals surface area contributed by atoms with Crippen LogP contribution in [0.2, 0.25) is 0 Å². The van der Waals surface area contributed by atoms with E-state index in [1.165, 1.54) is 7.11 Å². The van der Waals surface area contributed by atoms with Crippen LogP contribution in [0.1, 0.15) is 11.5 Å². The van der Waals surface area contributed by atoms with E-state index in [9.17, 15) is 4.79 Å². The Morgan fingerprint density at radius 1 is 1.47 bits per heavy atom. The van der Waals surface area contributed by atoms with Crippen molar-refractivity contribution in [1.29, 1.82) is 0 Å². The fourth-order valence-electron chi connectivity index (χ4n) is 1.94. The molecule has 1 heterocycles. The van der Waals surface area contributed by atoms with Crippen molar-refractivity contribution in [1.82, 2.24) is 4.98 Å². The molecule has 4 nitrogen and oxygen atoms in total. The molecule has 0 radical (unpaired) electrons. The predicted molar refractivity (Wildman–Crippen MR) is 65.6 cm³/mol. The molecule has 2 rings (SSSR count). The number of aromatic nitrogens is 1.